The molecule has 27 heavy (non-hydrogen) atoms. The quantitative estimate of drug-likeness (QED) is 0.651. The Morgan fingerprint density at radius 2 is 2.00 bits per heavy atom. The van der Waals surface area contributed by atoms with E-state index in [1.54, 1.807) is 11.8 Å². The summed E-state index contributed by atoms with van der Waals surface area (Å²) in [6, 6.07) is 20.6. The monoisotopic (exact) mass is 396 g/mol. The summed E-state index contributed by atoms with van der Waals surface area (Å²) in [5.74, 6) is 0. The Hall–Kier alpha value is -1.85. The summed E-state index contributed by atoms with van der Waals surface area (Å²) in [5.41, 5.74) is 3.52. The van der Waals surface area contributed by atoms with Crippen molar-refractivity contribution in [2.75, 3.05) is 19.7 Å². The number of rotatable bonds is 5. The summed E-state index contributed by atoms with van der Waals surface area (Å²) >= 11 is 7.72. The van der Waals surface area contributed by atoms with Crippen LogP contribution in [0.15, 0.2) is 76.8 Å². The molecule has 1 aliphatic heterocycles. The van der Waals surface area contributed by atoms with E-state index in [1.165, 1.54) is 10.5 Å². The van der Waals surface area contributed by atoms with Crippen LogP contribution in [0, 0.1) is 0 Å². The smallest absolute Gasteiger partial charge is 0.109 e. The van der Waals surface area contributed by atoms with E-state index in [0.29, 0.717) is 0 Å². The predicted molar refractivity (Wildman–Crippen MR) is 112 cm³/mol. The van der Waals surface area contributed by atoms with Crippen LogP contribution in [0.5, 0.6) is 0 Å². The summed E-state index contributed by atoms with van der Waals surface area (Å²) < 4.78 is 5.83. The molecule has 0 spiro atoms. The first kappa shape index (κ1) is 18.5. The molecule has 1 aromatic heterocycles. The summed E-state index contributed by atoms with van der Waals surface area (Å²) in [6.07, 6.45) is 3.01. The minimum Gasteiger partial charge on any atom is -0.375 e. The third-order valence-electron chi connectivity index (χ3n) is 4.51. The lowest BCUT2D eigenvalue weighted by atomic mass is 10.1. The van der Waals surface area contributed by atoms with Gasteiger partial charge in [0.1, 0.15) is 5.03 Å². The van der Waals surface area contributed by atoms with Crippen molar-refractivity contribution in [2.24, 2.45) is 0 Å². The van der Waals surface area contributed by atoms with Gasteiger partial charge in [0.05, 0.1) is 12.7 Å². The molecule has 0 aliphatic carbocycles. The van der Waals surface area contributed by atoms with Crippen LogP contribution in [0.25, 0.3) is 11.1 Å². The van der Waals surface area contributed by atoms with Gasteiger partial charge in [0, 0.05) is 34.8 Å². The van der Waals surface area contributed by atoms with Crippen molar-refractivity contribution >= 4 is 23.4 Å². The number of aromatic nitrogens is 1. The minimum absolute atomic E-state index is 0.249. The van der Waals surface area contributed by atoms with Crippen molar-refractivity contribution in [3.63, 3.8) is 0 Å². The number of hydrogen-bond donors (Lipinski definition) is 1. The van der Waals surface area contributed by atoms with E-state index in [-0.39, 0.29) is 6.10 Å². The average molecular weight is 397 g/mol. The number of halogens is 1. The highest BCUT2D eigenvalue weighted by Gasteiger charge is 2.14. The molecule has 3 nitrogen and oxygen atoms in total. The molecule has 1 aliphatic rings. The van der Waals surface area contributed by atoms with Crippen LogP contribution in [-0.4, -0.2) is 30.8 Å². The Balaban J connectivity index is 1.54. The number of pyridine rings is 1. The lowest BCUT2D eigenvalue weighted by Gasteiger charge is -2.23. The molecule has 0 radical (unpaired) electrons. The third-order valence-corrected chi connectivity index (χ3v) is 5.77. The second-order valence-corrected chi connectivity index (χ2v) is 8.01. The van der Waals surface area contributed by atoms with E-state index < -0.39 is 0 Å². The molecule has 0 unspecified atom stereocenters. The Bertz CT molecular complexity index is 895. The number of morpholine rings is 1. The van der Waals surface area contributed by atoms with Gasteiger partial charge in [-0.2, -0.15) is 0 Å². The van der Waals surface area contributed by atoms with Gasteiger partial charge < -0.3 is 10.1 Å². The SMILES string of the molecule is Clc1ccc(-c2cccnc2Sc2cccc(C[C@H]3CNCCO3)c2)cc1. The molecule has 1 saturated heterocycles. The molecule has 1 fully saturated rings. The fraction of sp³-hybridized carbons (Fsp3) is 0.227. The van der Waals surface area contributed by atoms with Crippen LogP contribution >= 0.6 is 23.4 Å². The van der Waals surface area contributed by atoms with Crippen molar-refractivity contribution in [1.82, 2.24) is 10.3 Å². The summed E-state index contributed by atoms with van der Waals surface area (Å²) in [6.45, 7) is 2.65. The Morgan fingerprint density at radius 3 is 2.81 bits per heavy atom. The maximum atomic E-state index is 6.03. The van der Waals surface area contributed by atoms with Crippen molar-refractivity contribution in [1.29, 1.82) is 0 Å². The van der Waals surface area contributed by atoms with Crippen LogP contribution < -0.4 is 5.32 Å². The fourth-order valence-electron chi connectivity index (χ4n) is 3.18. The van der Waals surface area contributed by atoms with Gasteiger partial charge in [0.2, 0.25) is 0 Å². The fourth-order valence-corrected chi connectivity index (χ4v) is 4.30. The normalized spacial score (nSPS) is 17.0. The van der Waals surface area contributed by atoms with E-state index in [0.717, 1.165) is 47.3 Å². The zero-order valence-electron chi connectivity index (χ0n) is 14.9. The van der Waals surface area contributed by atoms with Gasteiger partial charge in [-0.15, -0.1) is 0 Å². The molecule has 138 valence electrons. The molecular weight excluding hydrogens is 376 g/mol. The first-order valence-electron chi connectivity index (χ1n) is 9.08. The van der Waals surface area contributed by atoms with Crippen LogP contribution in [0.1, 0.15) is 5.56 Å². The van der Waals surface area contributed by atoms with Crippen molar-refractivity contribution in [3.8, 4) is 11.1 Å². The maximum absolute atomic E-state index is 6.03. The summed E-state index contributed by atoms with van der Waals surface area (Å²) in [4.78, 5) is 5.80. The van der Waals surface area contributed by atoms with E-state index in [4.69, 9.17) is 16.3 Å². The highest BCUT2D eigenvalue weighted by Crippen LogP contribution is 2.35. The molecule has 0 bridgehead atoms. The van der Waals surface area contributed by atoms with E-state index >= 15 is 0 Å². The first-order chi connectivity index (χ1) is 13.3. The van der Waals surface area contributed by atoms with E-state index in [2.05, 4.69) is 40.6 Å². The summed E-state index contributed by atoms with van der Waals surface area (Å²) in [5, 5.41) is 5.12. The highest BCUT2D eigenvalue weighted by molar-refractivity contribution is 7.99. The Labute approximate surface area is 169 Å². The van der Waals surface area contributed by atoms with E-state index in [9.17, 15) is 0 Å². The largest absolute Gasteiger partial charge is 0.375 e. The lowest BCUT2D eigenvalue weighted by Crippen LogP contribution is -2.39. The molecule has 0 saturated carbocycles. The number of nitrogens with zero attached hydrogens (tertiary/aromatic N) is 1. The number of nitrogens with one attached hydrogen (secondary N) is 1. The van der Waals surface area contributed by atoms with Crippen molar-refractivity contribution < 1.29 is 4.74 Å². The molecule has 2 heterocycles. The molecule has 1 atom stereocenters. The van der Waals surface area contributed by atoms with Crippen molar-refractivity contribution in [3.05, 3.63) is 77.4 Å². The molecule has 0 amide bonds. The average Bonchev–Trinajstić information content (AvgIpc) is 2.70. The lowest BCUT2D eigenvalue weighted by molar-refractivity contribution is 0.0292. The minimum atomic E-state index is 0.249. The Morgan fingerprint density at radius 1 is 1.11 bits per heavy atom. The van der Waals surface area contributed by atoms with Crippen LogP contribution in [0.4, 0.5) is 0 Å². The van der Waals surface area contributed by atoms with E-state index in [1.807, 2.05) is 36.5 Å². The van der Waals surface area contributed by atoms with Gasteiger partial charge in [-0.25, -0.2) is 4.98 Å². The standard InChI is InChI=1S/C22H21ClN2OS/c23-18-8-6-17(7-9-18)21-5-2-10-25-22(21)27-20-4-1-3-16(14-20)13-19-15-24-11-12-26-19/h1-10,14,19,24H,11-13,15H2/t19-/m0/s1. The molecule has 4 rings (SSSR count). The predicted octanol–water partition coefficient (Wildman–Crippen LogP) is 5.08. The molecule has 5 heteroatoms. The number of benzene rings is 2. The van der Waals surface area contributed by atoms with Gasteiger partial charge in [-0.3, -0.25) is 0 Å². The van der Waals surface area contributed by atoms with Gasteiger partial charge in [0.15, 0.2) is 0 Å². The molecule has 2 aromatic carbocycles. The van der Waals surface area contributed by atoms with Gasteiger partial charge in [-0.05, 0) is 47.9 Å². The van der Waals surface area contributed by atoms with Crippen molar-refractivity contribution in [2.45, 2.75) is 22.4 Å². The van der Waals surface area contributed by atoms with Crippen LogP contribution in [-0.2, 0) is 11.2 Å². The zero-order chi connectivity index (χ0) is 18.5. The molecule has 3 aromatic rings. The maximum Gasteiger partial charge on any atom is 0.109 e. The van der Waals surface area contributed by atoms with Gasteiger partial charge in [0.25, 0.3) is 0 Å². The topological polar surface area (TPSA) is 34.2 Å². The second kappa shape index (κ2) is 8.89. The van der Waals surface area contributed by atoms with Gasteiger partial charge in [-0.1, -0.05) is 53.7 Å². The first-order valence-corrected chi connectivity index (χ1v) is 10.3. The zero-order valence-corrected chi connectivity index (χ0v) is 16.5. The second-order valence-electron chi connectivity index (χ2n) is 6.51. The highest BCUT2D eigenvalue weighted by atomic mass is 35.5. The third kappa shape index (κ3) is 4.90. The Kier molecular flexibility index (Phi) is 6.10. The number of hydrogen-bond acceptors (Lipinski definition) is 4. The van der Waals surface area contributed by atoms with Crippen LogP contribution in [0.2, 0.25) is 5.02 Å². The number of ether oxygens (including phenoxy) is 1. The summed E-state index contributed by atoms with van der Waals surface area (Å²) in [7, 11) is 0. The van der Waals surface area contributed by atoms with Crippen LogP contribution in [0.3, 0.4) is 0 Å². The van der Waals surface area contributed by atoms with Gasteiger partial charge >= 0.3 is 0 Å². The molecule has 1 N–H and O–H groups in total. The molecular formula is C22H21ClN2OS.